The van der Waals surface area contributed by atoms with Gasteiger partial charge >= 0.3 is 5.89 Å². The summed E-state index contributed by atoms with van der Waals surface area (Å²) in [6.45, 7) is 8.51. The molecular formula is C29H33N2O8S2-. The van der Waals surface area contributed by atoms with Crippen molar-refractivity contribution in [1.82, 2.24) is 0 Å². The number of oxazole rings is 1. The van der Waals surface area contributed by atoms with E-state index in [1.807, 2.05) is 61.4 Å². The second-order valence-corrected chi connectivity index (χ2v) is 13.2. The second kappa shape index (κ2) is 12.2. The standard InChI is InChI=1S/C29H34N2O8S2/c1-20-16-24-26(18-22(20)3)38-28(30(24)12-8-14-40(32,33)34)10-6-5-7-11-29-31(13-9-15-41(35,36)37)25-17-21(2)23(4)19-27(25)39-29/h5-7,10-11,16-19H,8-9,12-15H2,1-4H3,(H-,32,33,34,35,36,37)/p-1. The lowest BCUT2D eigenvalue weighted by Crippen LogP contribution is -2.36. The van der Waals surface area contributed by atoms with Crippen LogP contribution in [0.1, 0.15) is 41.0 Å². The second-order valence-electron chi connectivity index (χ2n) is 10.1. The van der Waals surface area contributed by atoms with E-state index in [-0.39, 0.29) is 12.8 Å². The summed E-state index contributed by atoms with van der Waals surface area (Å²) in [6, 6.07) is 7.80. The number of fused-ring (bicyclic) bond motifs is 2. The average Bonchev–Trinajstić information content (AvgIpc) is 3.35. The van der Waals surface area contributed by atoms with E-state index >= 15 is 0 Å². The van der Waals surface area contributed by atoms with E-state index < -0.39 is 31.7 Å². The van der Waals surface area contributed by atoms with Crippen molar-refractivity contribution in [2.75, 3.05) is 23.0 Å². The van der Waals surface area contributed by atoms with Crippen molar-refractivity contribution < 1.29 is 39.7 Å². The minimum Gasteiger partial charge on any atom is -0.748 e. The van der Waals surface area contributed by atoms with Crippen molar-refractivity contribution in [3.63, 3.8) is 0 Å². The predicted octanol–water partition coefficient (Wildman–Crippen LogP) is 4.13. The zero-order valence-electron chi connectivity index (χ0n) is 23.4. The van der Waals surface area contributed by atoms with Crippen LogP contribution >= 0.6 is 0 Å². The molecule has 0 aliphatic carbocycles. The summed E-state index contributed by atoms with van der Waals surface area (Å²) in [4.78, 5) is 1.85. The lowest BCUT2D eigenvalue weighted by molar-refractivity contribution is -0.677. The first kappa shape index (κ1) is 30.5. The summed E-state index contributed by atoms with van der Waals surface area (Å²) in [5, 5.41) is 0. The highest BCUT2D eigenvalue weighted by molar-refractivity contribution is 7.85. The first-order valence-electron chi connectivity index (χ1n) is 13.1. The van der Waals surface area contributed by atoms with Gasteiger partial charge in [-0.25, -0.2) is 16.8 Å². The van der Waals surface area contributed by atoms with E-state index in [1.165, 1.54) is 0 Å². The number of aryl methyl sites for hydroxylation is 5. The number of benzene rings is 2. The van der Waals surface area contributed by atoms with Crippen LogP contribution in [0.5, 0.6) is 5.75 Å². The van der Waals surface area contributed by atoms with Crippen LogP contribution < -0.4 is 14.2 Å². The molecule has 4 rings (SSSR count). The van der Waals surface area contributed by atoms with Gasteiger partial charge in [-0.3, -0.25) is 0 Å². The molecule has 0 radical (unpaired) electrons. The minimum absolute atomic E-state index is 0.154. The molecular weight excluding hydrogens is 568 g/mol. The minimum atomic E-state index is -4.32. The Hall–Kier alpha value is -3.45. The zero-order valence-corrected chi connectivity index (χ0v) is 25.0. The smallest absolute Gasteiger partial charge is 0.374 e. The van der Waals surface area contributed by atoms with Gasteiger partial charge in [0.1, 0.15) is 0 Å². The maximum Gasteiger partial charge on any atom is 0.374 e. The maximum atomic E-state index is 11.1. The van der Waals surface area contributed by atoms with Crippen LogP contribution in [-0.2, 0) is 26.8 Å². The first-order valence-corrected chi connectivity index (χ1v) is 16.3. The molecule has 0 N–H and O–H groups in total. The van der Waals surface area contributed by atoms with Gasteiger partial charge in [0.15, 0.2) is 12.3 Å². The Morgan fingerprint density at radius 2 is 1.46 bits per heavy atom. The fourth-order valence-corrected chi connectivity index (χ4v) is 5.52. The Labute approximate surface area is 240 Å². The number of anilines is 1. The number of nitrogens with zero attached hydrogens (tertiary/aromatic N) is 2. The molecule has 2 heterocycles. The summed E-state index contributed by atoms with van der Waals surface area (Å²) in [5.41, 5.74) is 6.51. The summed E-state index contributed by atoms with van der Waals surface area (Å²) < 4.78 is 80.7. The van der Waals surface area contributed by atoms with Crippen LogP contribution in [0.15, 0.2) is 58.9 Å². The predicted molar refractivity (Wildman–Crippen MR) is 154 cm³/mol. The largest absolute Gasteiger partial charge is 0.748 e. The van der Waals surface area contributed by atoms with E-state index in [0.29, 0.717) is 36.2 Å². The van der Waals surface area contributed by atoms with E-state index in [9.17, 15) is 25.9 Å². The summed E-state index contributed by atoms with van der Waals surface area (Å²) >= 11 is 0. The normalized spacial score (nSPS) is 15.1. The van der Waals surface area contributed by atoms with Gasteiger partial charge in [0.05, 0.1) is 32.0 Å². The van der Waals surface area contributed by atoms with Crippen molar-refractivity contribution in [2.24, 2.45) is 0 Å². The molecule has 2 aromatic carbocycles. The molecule has 0 bridgehead atoms. The monoisotopic (exact) mass is 601 g/mol. The van der Waals surface area contributed by atoms with Crippen molar-refractivity contribution in [3.8, 4) is 5.75 Å². The molecule has 1 aliphatic rings. The fraction of sp³-hybridized carbons (Fsp3) is 0.345. The molecule has 3 aromatic rings. The molecule has 0 fully saturated rings. The number of rotatable bonds is 11. The number of ether oxygens (including phenoxy) is 1. The Bertz CT molecular complexity index is 1770. The summed E-state index contributed by atoms with van der Waals surface area (Å²) in [6.07, 6.45) is 9.10. The molecule has 0 saturated heterocycles. The highest BCUT2D eigenvalue weighted by atomic mass is 32.2. The lowest BCUT2D eigenvalue weighted by Gasteiger charge is -2.19. The fourth-order valence-electron chi connectivity index (χ4n) is 4.56. The van der Waals surface area contributed by atoms with Crippen LogP contribution in [0, 0.1) is 27.7 Å². The number of aromatic nitrogens is 1. The molecule has 220 valence electrons. The number of hydrogen-bond acceptors (Lipinski definition) is 9. The third kappa shape index (κ3) is 7.85. The van der Waals surface area contributed by atoms with E-state index in [2.05, 4.69) is 0 Å². The van der Waals surface area contributed by atoms with Crippen molar-refractivity contribution in [1.29, 1.82) is 0 Å². The van der Waals surface area contributed by atoms with Crippen LogP contribution in [0.25, 0.3) is 17.2 Å². The molecule has 0 saturated carbocycles. The molecule has 1 aliphatic heterocycles. The summed E-state index contributed by atoms with van der Waals surface area (Å²) in [7, 11) is -8.65. The highest BCUT2D eigenvalue weighted by Crippen LogP contribution is 2.40. The lowest BCUT2D eigenvalue weighted by atomic mass is 10.1. The highest BCUT2D eigenvalue weighted by Gasteiger charge is 2.26. The van der Waals surface area contributed by atoms with Gasteiger partial charge in [0, 0.05) is 30.5 Å². The molecule has 0 unspecified atom stereocenters. The Morgan fingerprint density at radius 3 is 2.17 bits per heavy atom. The maximum absolute atomic E-state index is 11.1. The van der Waals surface area contributed by atoms with E-state index in [4.69, 9.17) is 9.15 Å². The van der Waals surface area contributed by atoms with Gasteiger partial charge in [-0.2, -0.15) is 4.57 Å². The molecule has 0 atom stereocenters. The molecule has 10 nitrogen and oxygen atoms in total. The van der Waals surface area contributed by atoms with E-state index in [0.717, 1.165) is 33.5 Å². The van der Waals surface area contributed by atoms with Crippen molar-refractivity contribution in [2.45, 2.75) is 47.1 Å². The Balaban J connectivity index is 1.56. The Morgan fingerprint density at radius 1 is 0.829 bits per heavy atom. The topological polar surface area (TPSA) is 144 Å². The van der Waals surface area contributed by atoms with Gasteiger partial charge in [0.2, 0.25) is 11.5 Å². The first-order chi connectivity index (χ1) is 19.2. The summed E-state index contributed by atoms with van der Waals surface area (Å²) in [5.74, 6) is 0.727. The van der Waals surface area contributed by atoms with E-state index in [1.54, 1.807) is 30.4 Å². The Kier molecular flexibility index (Phi) is 9.07. The third-order valence-corrected chi connectivity index (χ3v) is 8.52. The van der Waals surface area contributed by atoms with Crippen LogP contribution in [-0.4, -0.2) is 44.0 Å². The number of hydrogen-bond donors (Lipinski definition) is 0. The zero-order chi connectivity index (χ0) is 29.9. The van der Waals surface area contributed by atoms with Gasteiger partial charge in [0.25, 0.3) is 5.52 Å². The van der Waals surface area contributed by atoms with Crippen LogP contribution in [0.2, 0.25) is 0 Å². The van der Waals surface area contributed by atoms with Crippen LogP contribution in [0.4, 0.5) is 5.69 Å². The third-order valence-electron chi connectivity index (χ3n) is 6.95. The molecule has 12 heteroatoms. The van der Waals surface area contributed by atoms with Crippen molar-refractivity contribution >= 4 is 43.1 Å². The molecule has 0 amide bonds. The van der Waals surface area contributed by atoms with Crippen molar-refractivity contribution in [3.05, 3.63) is 82.6 Å². The quantitative estimate of drug-likeness (QED) is 0.180. The van der Waals surface area contributed by atoms with Gasteiger partial charge in [-0.05, 0) is 80.6 Å². The number of allylic oxidation sites excluding steroid dienone is 4. The molecule has 1 aromatic heterocycles. The van der Waals surface area contributed by atoms with Gasteiger partial charge in [-0.1, -0.05) is 18.2 Å². The van der Waals surface area contributed by atoms with Crippen LogP contribution in [0.3, 0.4) is 0 Å². The van der Waals surface area contributed by atoms with Gasteiger partial charge in [-0.15, -0.1) is 0 Å². The molecule has 0 spiro atoms. The SMILES string of the molecule is Cc1cc2c(cc1C)N(CCCS(=O)(=O)[O-])C(=CC=CC=Cc1oc3cc(C)c(C)cc3[n+]1CCCS(=O)(=O)[O-])O2. The average molecular weight is 602 g/mol. The van der Waals surface area contributed by atoms with Gasteiger partial charge < -0.3 is 23.2 Å². The molecule has 41 heavy (non-hydrogen) atoms.